The fourth-order valence-corrected chi connectivity index (χ4v) is 2.37. The van der Waals surface area contributed by atoms with Crippen LogP contribution in [0, 0.1) is 0 Å². The van der Waals surface area contributed by atoms with Crippen LogP contribution in [0.2, 0.25) is 0 Å². The van der Waals surface area contributed by atoms with Gasteiger partial charge in [-0.15, -0.1) is 0 Å². The standard InChI is InChI=1S/C16H29N3O/c1-7-19(13(4)11-20-6)16-9-14(10-17-5)8-15(18-16)12(2)3/h8-9,12-13,17H,7,10-11H2,1-6H3. The number of nitrogens with zero attached hydrogens (tertiary/aromatic N) is 2. The molecule has 4 nitrogen and oxygen atoms in total. The molecule has 0 aliphatic rings. The molecule has 4 heteroatoms. The maximum atomic E-state index is 5.28. The van der Waals surface area contributed by atoms with Crippen molar-refractivity contribution < 1.29 is 4.74 Å². The predicted molar refractivity (Wildman–Crippen MR) is 85.4 cm³/mol. The molecule has 114 valence electrons. The van der Waals surface area contributed by atoms with Crippen LogP contribution in [-0.2, 0) is 11.3 Å². The van der Waals surface area contributed by atoms with Crippen molar-refractivity contribution >= 4 is 5.82 Å². The lowest BCUT2D eigenvalue weighted by atomic mass is 10.1. The molecule has 1 aromatic rings. The third kappa shape index (κ3) is 4.46. The molecule has 1 heterocycles. The summed E-state index contributed by atoms with van der Waals surface area (Å²) in [5.41, 5.74) is 2.43. The highest BCUT2D eigenvalue weighted by Crippen LogP contribution is 2.22. The molecule has 0 aromatic carbocycles. The Morgan fingerprint density at radius 2 is 2.00 bits per heavy atom. The molecular formula is C16H29N3O. The first-order valence-electron chi connectivity index (χ1n) is 7.44. The van der Waals surface area contributed by atoms with Gasteiger partial charge in [0.2, 0.25) is 0 Å². The van der Waals surface area contributed by atoms with E-state index in [0.717, 1.165) is 24.6 Å². The van der Waals surface area contributed by atoms with Crippen LogP contribution in [0.1, 0.15) is 44.9 Å². The molecule has 0 fully saturated rings. The summed E-state index contributed by atoms with van der Waals surface area (Å²) in [6.07, 6.45) is 0. The van der Waals surface area contributed by atoms with Gasteiger partial charge in [-0.2, -0.15) is 0 Å². The smallest absolute Gasteiger partial charge is 0.129 e. The van der Waals surface area contributed by atoms with Crippen LogP contribution in [0.4, 0.5) is 5.82 Å². The predicted octanol–water partition coefficient (Wildman–Crippen LogP) is 2.79. The molecule has 0 aliphatic carbocycles. The lowest BCUT2D eigenvalue weighted by molar-refractivity contribution is 0.181. The molecule has 0 saturated heterocycles. The third-order valence-corrected chi connectivity index (χ3v) is 3.44. The average Bonchev–Trinajstić information content (AvgIpc) is 2.40. The maximum absolute atomic E-state index is 5.28. The second-order valence-corrected chi connectivity index (χ2v) is 5.53. The first kappa shape index (κ1) is 16.9. The fraction of sp³-hybridized carbons (Fsp3) is 0.688. The summed E-state index contributed by atoms with van der Waals surface area (Å²) in [7, 11) is 3.72. The number of hydrogen-bond acceptors (Lipinski definition) is 4. The van der Waals surface area contributed by atoms with Gasteiger partial charge in [0.25, 0.3) is 0 Å². The van der Waals surface area contributed by atoms with Crippen LogP contribution in [0.25, 0.3) is 0 Å². The van der Waals surface area contributed by atoms with E-state index in [1.165, 1.54) is 5.56 Å². The normalized spacial score (nSPS) is 12.8. The van der Waals surface area contributed by atoms with Gasteiger partial charge in [-0.3, -0.25) is 0 Å². The minimum atomic E-state index is 0.322. The van der Waals surface area contributed by atoms with Gasteiger partial charge in [-0.1, -0.05) is 13.8 Å². The van der Waals surface area contributed by atoms with Crippen LogP contribution in [0.5, 0.6) is 0 Å². The Bertz CT molecular complexity index is 407. The molecule has 1 unspecified atom stereocenters. The van der Waals surface area contributed by atoms with Gasteiger partial charge in [-0.05, 0) is 44.5 Å². The summed E-state index contributed by atoms with van der Waals surface area (Å²) in [4.78, 5) is 7.13. The van der Waals surface area contributed by atoms with E-state index in [4.69, 9.17) is 9.72 Å². The van der Waals surface area contributed by atoms with Gasteiger partial charge < -0.3 is 15.0 Å². The minimum absolute atomic E-state index is 0.322. The van der Waals surface area contributed by atoms with E-state index in [-0.39, 0.29) is 0 Å². The zero-order valence-corrected chi connectivity index (χ0v) is 13.7. The summed E-state index contributed by atoms with van der Waals surface area (Å²) in [6.45, 7) is 11.2. The van der Waals surface area contributed by atoms with Crippen LogP contribution >= 0.6 is 0 Å². The average molecular weight is 279 g/mol. The number of hydrogen-bond donors (Lipinski definition) is 1. The number of aromatic nitrogens is 1. The van der Waals surface area contributed by atoms with Crippen LogP contribution < -0.4 is 10.2 Å². The van der Waals surface area contributed by atoms with Crippen molar-refractivity contribution in [2.24, 2.45) is 0 Å². The number of anilines is 1. The molecule has 0 spiro atoms. The largest absolute Gasteiger partial charge is 0.383 e. The Hall–Kier alpha value is -1.13. The third-order valence-electron chi connectivity index (χ3n) is 3.44. The molecule has 20 heavy (non-hydrogen) atoms. The summed E-state index contributed by atoms with van der Waals surface area (Å²) < 4.78 is 5.28. The summed E-state index contributed by atoms with van der Waals surface area (Å²) >= 11 is 0. The molecule has 1 atom stereocenters. The van der Waals surface area contributed by atoms with Crippen LogP contribution in [0.3, 0.4) is 0 Å². The van der Waals surface area contributed by atoms with E-state index in [9.17, 15) is 0 Å². The van der Waals surface area contributed by atoms with Crippen LogP contribution in [0.15, 0.2) is 12.1 Å². The van der Waals surface area contributed by atoms with Crippen molar-refractivity contribution in [2.45, 2.75) is 46.2 Å². The molecule has 1 N–H and O–H groups in total. The Morgan fingerprint density at radius 1 is 1.30 bits per heavy atom. The highest BCUT2D eigenvalue weighted by Gasteiger charge is 2.16. The molecule has 0 amide bonds. The van der Waals surface area contributed by atoms with Crippen molar-refractivity contribution in [3.05, 3.63) is 23.4 Å². The van der Waals surface area contributed by atoms with Gasteiger partial charge in [0.05, 0.1) is 12.6 Å². The maximum Gasteiger partial charge on any atom is 0.129 e. The van der Waals surface area contributed by atoms with E-state index in [2.05, 4.69) is 50.0 Å². The lowest BCUT2D eigenvalue weighted by Crippen LogP contribution is -2.37. The molecule has 0 saturated carbocycles. The first-order valence-corrected chi connectivity index (χ1v) is 7.44. The first-order chi connectivity index (χ1) is 9.53. The van der Waals surface area contributed by atoms with E-state index < -0.39 is 0 Å². The fourth-order valence-electron chi connectivity index (χ4n) is 2.37. The zero-order chi connectivity index (χ0) is 15.1. The monoisotopic (exact) mass is 279 g/mol. The topological polar surface area (TPSA) is 37.4 Å². The Labute approximate surface area is 123 Å². The van der Waals surface area contributed by atoms with Crippen LogP contribution in [-0.4, -0.2) is 38.3 Å². The van der Waals surface area contributed by atoms with Gasteiger partial charge in [0.1, 0.15) is 5.82 Å². The van der Waals surface area contributed by atoms with Crippen molar-refractivity contribution in [1.29, 1.82) is 0 Å². The molecule has 0 bridgehead atoms. The summed E-state index contributed by atoms with van der Waals surface area (Å²) in [5, 5.41) is 3.22. The number of pyridine rings is 1. The van der Waals surface area contributed by atoms with Crippen molar-refractivity contribution in [1.82, 2.24) is 10.3 Å². The van der Waals surface area contributed by atoms with Gasteiger partial charge >= 0.3 is 0 Å². The minimum Gasteiger partial charge on any atom is -0.383 e. The Kier molecular flexibility index (Phi) is 6.96. The summed E-state index contributed by atoms with van der Waals surface area (Å²) in [5.74, 6) is 1.48. The lowest BCUT2D eigenvalue weighted by Gasteiger charge is -2.29. The number of methoxy groups -OCH3 is 1. The molecule has 1 rings (SSSR count). The van der Waals surface area contributed by atoms with E-state index in [0.29, 0.717) is 18.6 Å². The van der Waals surface area contributed by atoms with Crippen molar-refractivity contribution in [3.63, 3.8) is 0 Å². The summed E-state index contributed by atoms with van der Waals surface area (Å²) in [6, 6.07) is 4.69. The second-order valence-electron chi connectivity index (χ2n) is 5.53. The number of rotatable bonds is 8. The molecule has 1 aromatic heterocycles. The quantitative estimate of drug-likeness (QED) is 0.794. The Morgan fingerprint density at radius 3 is 2.50 bits per heavy atom. The number of likely N-dealkylation sites (N-methyl/N-ethyl adjacent to an activating group) is 1. The number of ether oxygens (including phenoxy) is 1. The molecule has 0 aliphatic heterocycles. The zero-order valence-electron chi connectivity index (χ0n) is 13.7. The SMILES string of the molecule is CCN(c1cc(CNC)cc(C(C)C)n1)C(C)COC. The second kappa shape index (κ2) is 8.22. The highest BCUT2D eigenvalue weighted by molar-refractivity contribution is 5.44. The van der Waals surface area contributed by atoms with Gasteiger partial charge in [0.15, 0.2) is 0 Å². The van der Waals surface area contributed by atoms with Crippen molar-refractivity contribution in [2.75, 3.05) is 32.2 Å². The van der Waals surface area contributed by atoms with Gasteiger partial charge in [-0.25, -0.2) is 4.98 Å². The van der Waals surface area contributed by atoms with Gasteiger partial charge in [0, 0.05) is 25.9 Å². The highest BCUT2D eigenvalue weighted by atomic mass is 16.5. The van der Waals surface area contributed by atoms with Crippen molar-refractivity contribution in [3.8, 4) is 0 Å². The van der Waals surface area contributed by atoms with E-state index in [1.54, 1.807) is 7.11 Å². The molecule has 0 radical (unpaired) electrons. The van der Waals surface area contributed by atoms with E-state index >= 15 is 0 Å². The van der Waals surface area contributed by atoms with E-state index in [1.807, 2.05) is 7.05 Å². The molecular weight excluding hydrogens is 250 g/mol. The number of nitrogens with one attached hydrogen (secondary N) is 1. The Balaban J connectivity index is 3.12.